The minimum Gasteiger partial charge on any atom is -0.467 e. The Hall–Kier alpha value is -1.29. The van der Waals surface area contributed by atoms with Crippen LogP contribution in [0.1, 0.15) is 19.6 Å². The molecule has 4 heteroatoms. The van der Waals surface area contributed by atoms with Crippen molar-refractivity contribution in [3.63, 3.8) is 0 Å². The zero-order chi connectivity index (χ0) is 9.90. The minimum atomic E-state index is -0.500. The Kier molecular flexibility index (Phi) is 2.72. The minimum absolute atomic E-state index is 0.00978. The molecular formula is C9H14N2O2. The highest BCUT2D eigenvalue weighted by Crippen LogP contribution is 2.19. The lowest BCUT2D eigenvalue weighted by Gasteiger charge is -2.23. The maximum atomic E-state index is 11.0. The van der Waals surface area contributed by atoms with Gasteiger partial charge in [0.2, 0.25) is 5.91 Å². The van der Waals surface area contributed by atoms with Gasteiger partial charge < -0.3 is 15.5 Å². The van der Waals surface area contributed by atoms with E-state index in [1.54, 1.807) is 12.3 Å². The van der Waals surface area contributed by atoms with Gasteiger partial charge in [-0.05, 0) is 26.0 Å². The lowest BCUT2D eigenvalue weighted by Crippen LogP contribution is -2.43. The van der Waals surface area contributed by atoms with Crippen LogP contribution in [0.25, 0.3) is 0 Å². The maximum absolute atomic E-state index is 11.0. The summed E-state index contributed by atoms with van der Waals surface area (Å²) in [6.07, 6.45) is 1.58. The summed E-state index contributed by atoms with van der Waals surface area (Å²) in [6.45, 7) is 3.71. The normalized spacial score (nSPS) is 11.3. The van der Waals surface area contributed by atoms with Crippen LogP contribution >= 0.6 is 0 Å². The second kappa shape index (κ2) is 3.62. The Bertz CT molecular complexity index is 278. The molecule has 1 aromatic heterocycles. The molecule has 72 valence electrons. The van der Waals surface area contributed by atoms with Crippen molar-refractivity contribution in [2.24, 2.45) is 5.73 Å². The SMILES string of the molecule is CC(C)(NC(=O)CN)c1ccco1. The highest BCUT2D eigenvalue weighted by Gasteiger charge is 2.24. The first-order valence-electron chi connectivity index (χ1n) is 4.11. The summed E-state index contributed by atoms with van der Waals surface area (Å²) in [5.41, 5.74) is 4.69. The van der Waals surface area contributed by atoms with E-state index >= 15 is 0 Å². The third kappa shape index (κ3) is 2.32. The Morgan fingerprint density at radius 2 is 2.38 bits per heavy atom. The van der Waals surface area contributed by atoms with E-state index in [4.69, 9.17) is 10.2 Å². The van der Waals surface area contributed by atoms with Crippen molar-refractivity contribution < 1.29 is 9.21 Å². The van der Waals surface area contributed by atoms with Crippen molar-refractivity contribution >= 4 is 5.91 Å². The fourth-order valence-corrected chi connectivity index (χ4v) is 1.10. The molecule has 1 heterocycles. The first-order chi connectivity index (χ1) is 6.06. The van der Waals surface area contributed by atoms with Crippen LogP contribution in [0.15, 0.2) is 22.8 Å². The third-order valence-electron chi connectivity index (χ3n) is 1.77. The van der Waals surface area contributed by atoms with E-state index in [1.807, 2.05) is 19.9 Å². The van der Waals surface area contributed by atoms with Gasteiger partial charge in [-0.1, -0.05) is 0 Å². The number of furan rings is 1. The molecule has 0 unspecified atom stereocenters. The molecule has 4 nitrogen and oxygen atoms in total. The molecule has 0 aliphatic carbocycles. The number of nitrogens with two attached hydrogens (primary N) is 1. The van der Waals surface area contributed by atoms with Gasteiger partial charge in [0.15, 0.2) is 0 Å². The number of nitrogens with one attached hydrogen (secondary N) is 1. The fraction of sp³-hybridized carbons (Fsp3) is 0.444. The molecule has 0 fully saturated rings. The highest BCUT2D eigenvalue weighted by atomic mass is 16.3. The Morgan fingerprint density at radius 1 is 1.69 bits per heavy atom. The van der Waals surface area contributed by atoms with E-state index in [2.05, 4.69) is 5.32 Å². The van der Waals surface area contributed by atoms with Gasteiger partial charge in [0.1, 0.15) is 5.76 Å². The van der Waals surface area contributed by atoms with Gasteiger partial charge in [0, 0.05) is 0 Å². The molecule has 0 aliphatic heterocycles. The van der Waals surface area contributed by atoms with Crippen LogP contribution in [0, 0.1) is 0 Å². The zero-order valence-electron chi connectivity index (χ0n) is 7.83. The maximum Gasteiger partial charge on any atom is 0.234 e. The molecule has 1 rings (SSSR count). The largest absolute Gasteiger partial charge is 0.467 e. The van der Waals surface area contributed by atoms with Crippen LogP contribution in [0.4, 0.5) is 0 Å². The van der Waals surface area contributed by atoms with Crippen LogP contribution in [-0.4, -0.2) is 12.5 Å². The molecule has 0 saturated carbocycles. The summed E-state index contributed by atoms with van der Waals surface area (Å²) in [6, 6.07) is 3.60. The lowest BCUT2D eigenvalue weighted by molar-refractivity contribution is -0.121. The van der Waals surface area contributed by atoms with Gasteiger partial charge in [-0.25, -0.2) is 0 Å². The first-order valence-corrected chi connectivity index (χ1v) is 4.11. The molecule has 1 amide bonds. The number of carbonyl (C=O) groups excluding carboxylic acids is 1. The monoisotopic (exact) mass is 182 g/mol. The van der Waals surface area contributed by atoms with Crippen molar-refractivity contribution in [3.8, 4) is 0 Å². The van der Waals surface area contributed by atoms with Gasteiger partial charge in [0.05, 0.1) is 18.3 Å². The fourth-order valence-electron chi connectivity index (χ4n) is 1.10. The van der Waals surface area contributed by atoms with E-state index in [9.17, 15) is 4.79 Å². The molecule has 0 radical (unpaired) electrons. The molecular weight excluding hydrogens is 168 g/mol. The molecule has 0 spiro atoms. The van der Waals surface area contributed by atoms with E-state index in [0.717, 1.165) is 0 Å². The van der Waals surface area contributed by atoms with E-state index < -0.39 is 5.54 Å². The Morgan fingerprint density at radius 3 is 2.85 bits per heavy atom. The molecule has 0 aliphatic rings. The first kappa shape index (κ1) is 9.80. The van der Waals surface area contributed by atoms with E-state index in [0.29, 0.717) is 5.76 Å². The third-order valence-corrected chi connectivity index (χ3v) is 1.77. The van der Waals surface area contributed by atoms with Crippen molar-refractivity contribution in [3.05, 3.63) is 24.2 Å². The molecule has 13 heavy (non-hydrogen) atoms. The topological polar surface area (TPSA) is 68.3 Å². The smallest absolute Gasteiger partial charge is 0.234 e. The molecule has 1 aromatic rings. The summed E-state index contributed by atoms with van der Waals surface area (Å²) < 4.78 is 5.19. The number of hydrogen-bond donors (Lipinski definition) is 2. The second-order valence-corrected chi connectivity index (χ2v) is 3.35. The quantitative estimate of drug-likeness (QED) is 0.718. The van der Waals surface area contributed by atoms with Gasteiger partial charge in [-0.2, -0.15) is 0 Å². The summed E-state index contributed by atoms with van der Waals surface area (Å²) in [4.78, 5) is 11.0. The molecule has 0 atom stereocenters. The van der Waals surface area contributed by atoms with Crippen molar-refractivity contribution in [1.82, 2.24) is 5.32 Å². The van der Waals surface area contributed by atoms with Crippen molar-refractivity contribution in [1.29, 1.82) is 0 Å². The second-order valence-electron chi connectivity index (χ2n) is 3.35. The van der Waals surface area contributed by atoms with Crippen molar-refractivity contribution in [2.45, 2.75) is 19.4 Å². The average molecular weight is 182 g/mol. The predicted molar refractivity (Wildman–Crippen MR) is 48.9 cm³/mol. The molecule has 0 aromatic carbocycles. The van der Waals surface area contributed by atoms with E-state index in [-0.39, 0.29) is 12.5 Å². The number of hydrogen-bond acceptors (Lipinski definition) is 3. The van der Waals surface area contributed by atoms with Crippen LogP contribution in [0.3, 0.4) is 0 Å². The van der Waals surface area contributed by atoms with Gasteiger partial charge in [-0.3, -0.25) is 4.79 Å². The average Bonchev–Trinajstić information content (AvgIpc) is 2.55. The molecule has 3 N–H and O–H groups in total. The number of amides is 1. The Balaban J connectivity index is 2.72. The summed E-state index contributed by atoms with van der Waals surface area (Å²) in [7, 11) is 0. The molecule has 0 saturated heterocycles. The van der Waals surface area contributed by atoms with Crippen LogP contribution < -0.4 is 11.1 Å². The number of rotatable bonds is 3. The zero-order valence-corrected chi connectivity index (χ0v) is 7.83. The van der Waals surface area contributed by atoms with Gasteiger partial charge in [0.25, 0.3) is 0 Å². The summed E-state index contributed by atoms with van der Waals surface area (Å²) >= 11 is 0. The van der Waals surface area contributed by atoms with E-state index in [1.165, 1.54) is 0 Å². The van der Waals surface area contributed by atoms with Crippen LogP contribution in [0.2, 0.25) is 0 Å². The van der Waals surface area contributed by atoms with Crippen LogP contribution in [-0.2, 0) is 10.3 Å². The lowest BCUT2D eigenvalue weighted by atomic mass is 10.0. The van der Waals surface area contributed by atoms with Crippen molar-refractivity contribution in [2.75, 3.05) is 6.54 Å². The highest BCUT2D eigenvalue weighted by molar-refractivity contribution is 5.78. The van der Waals surface area contributed by atoms with Crippen LogP contribution in [0.5, 0.6) is 0 Å². The number of carbonyl (C=O) groups is 1. The molecule has 0 bridgehead atoms. The standard InChI is InChI=1S/C9H14N2O2/c1-9(2,11-8(12)6-10)7-4-3-5-13-7/h3-5H,6,10H2,1-2H3,(H,11,12). The summed E-state index contributed by atoms with van der Waals surface area (Å²) in [5, 5.41) is 2.75. The predicted octanol–water partition coefficient (Wildman–Crippen LogP) is 0.590. The van der Waals surface area contributed by atoms with Gasteiger partial charge in [-0.15, -0.1) is 0 Å². The summed E-state index contributed by atoms with van der Waals surface area (Å²) in [5.74, 6) is 0.524. The van der Waals surface area contributed by atoms with Gasteiger partial charge >= 0.3 is 0 Å². The Labute approximate surface area is 77.1 Å².